The summed E-state index contributed by atoms with van der Waals surface area (Å²) in [5, 5.41) is 14.2. The summed E-state index contributed by atoms with van der Waals surface area (Å²) >= 11 is 0. The highest BCUT2D eigenvalue weighted by atomic mass is 16.6. The summed E-state index contributed by atoms with van der Waals surface area (Å²) in [5.74, 6) is 1.54. The summed E-state index contributed by atoms with van der Waals surface area (Å²) in [5.41, 5.74) is 2.32. The van der Waals surface area contributed by atoms with Gasteiger partial charge in [0.05, 0.1) is 10.5 Å². The second-order valence-electron chi connectivity index (χ2n) is 8.02. The Hall–Kier alpha value is -4.72. The number of hydrogen-bond acceptors (Lipinski definition) is 7. The van der Waals surface area contributed by atoms with Crippen LogP contribution in [-0.2, 0) is 13.2 Å². The zero-order chi connectivity index (χ0) is 25.3. The van der Waals surface area contributed by atoms with Crippen molar-refractivity contribution in [2.24, 2.45) is 5.18 Å². The van der Waals surface area contributed by atoms with E-state index in [2.05, 4.69) is 5.18 Å². The minimum atomic E-state index is -0.785. The van der Waals surface area contributed by atoms with E-state index in [4.69, 9.17) is 14.2 Å². The summed E-state index contributed by atoms with van der Waals surface area (Å²) in [6.07, 6.45) is 0. The van der Waals surface area contributed by atoms with Crippen LogP contribution < -0.4 is 14.2 Å². The lowest BCUT2D eigenvalue weighted by Crippen LogP contribution is -2.04. The Balaban J connectivity index is 1.70. The third-order valence-corrected chi connectivity index (χ3v) is 5.41. The fourth-order valence-electron chi connectivity index (χ4n) is 3.57. The maximum absolute atomic E-state index is 11.6. The fourth-order valence-corrected chi connectivity index (χ4v) is 3.57. The molecule has 0 spiro atoms. The zero-order valence-electron chi connectivity index (χ0n) is 19.6. The molecule has 0 N–H and O–H groups in total. The van der Waals surface area contributed by atoms with Crippen LogP contribution in [0.2, 0.25) is 0 Å². The van der Waals surface area contributed by atoms with Crippen molar-refractivity contribution in [1.82, 2.24) is 0 Å². The number of hydrogen-bond donors (Lipinski definition) is 0. The molecule has 0 fully saturated rings. The Kier molecular flexibility index (Phi) is 7.87. The summed E-state index contributed by atoms with van der Waals surface area (Å²) in [7, 11) is 0. The average Bonchev–Trinajstić information content (AvgIpc) is 2.91. The van der Waals surface area contributed by atoms with E-state index < -0.39 is 11.0 Å². The molecule has 8 heteroatoms. The molecular formula is C28H24N2O6. The van der Waals surface area contributed by atoms with Crippen LogP contribution in [0.25, 0.3) is 0 Å². The van der Waals surface area contributed by atoms with Gasteiger partial charge < -0.3 is 14.2 Å². The number of rotatable bonds is 11. The first-order chi connectivity index (χ1) is 17.5. The van der Waals surface area contributed by atoms with Gasteiger partial charge in [-0.2, -0.15) is 4.91 Å². The quantitative estimate of drug-likeness (QED) is 0.125. The summed E-state index contributed by atoms with van der Waals surface area (Å²) < 4.78 is 18.2. The number of benzene rings is 4. The second kappa shape index (κ2) is 11.6. The second-order valence-corrected chi connectivity index (χ2v) is 8.02. The molecule has 0 radical (unpaired) electrons. The number of ether oxygens (including phenoxy) is 3. The third kappa shape index (κ3) is 6.24. The molecule has 0 aliphatic heterocycles. The van der Waals surface area contributed by atoms with E-state index in [0.29, 0.717) is 35.2 Å². The lowest BCUT2D eigenvalue weighted by atomic mass is 10.1. The third-order valence-electron chi connectivity index (χ3n) is 5.41. The molecule has 0 aliphatic carbocycles. The van der Waals surface area contributed by atoms with Crippen molar-refractivity contribution in [2.75, 3.05) is 0 Å². The van der Waals surface area contributed by atoms with Gasteiger partial charge in [0, 0.05) is 24.3 Å². The topological polar surface area (TPSA) is 100 Å². The zero-order valence-corrected chi connectivity index (χ0v) is 19.6. The molecular weight excluding hydrogens is 460 g/mol. The minimum absolute atomic E-state index is 0.0580. The summed E-state index contributed by atoms with van der Waals surface area (Å²) in [6.45, 7) is 2.22. The van der Waals surface area contributed by atoms with E-state index in [0.717, 1.165) is 11.1 Å². The van der Waals surface area contributed by atoms with Crippen LogP contribution >= 0.6 is 0 Å². The van der Waals surface area contributed by atoms with E-state index in [1.165, 1.54) is 24.3 Å². The van der Waals surface area contributed by atoms with Gasteiger partial charge in [0.15, 0.2) is 0 Å². The number of nitrogens with zero attached hydrogens (tertiary/aromatic N) is 2. The van der Waals surface area contributed by atoms with Crippen molar-refractivity contribution in [1.29, 1.82) is 0 Å². The van der Waals surface area contributed by atoms with Crippen molar-refractivity contribution in [3.8, 4) is 23.0 Å². The fraction of sp³-hybridized carbons (Fsp3) is 0.143. The molecule has 0 saturated carbocycles. The van der Waals surface area contributed by atoms with Gasteiger partial charge in [-0.1, -0.05) is 65.8 Å². The van der Waals surface area contributed by atoms with E-state index in [-0.39, 0.29) is 12.3 Å². The highest BCUT2D eigenvalue weighted by Gasteiger charge is 2.22. The van der Waals surface area contributed by atoms with Gasteiger partial charge >= 0.3 is 0 Å². The molecule has 0 aliphatic rings. The highest BCUT2D eigenvalue weighted by molar-refractivity contribution is 5.54. The monoisotopic (exact) mass is 484 g/mol. The van der Waals surface area contributed by atoms with Crippen LogP contribution in [-0.4, -0.2) is 4.92 Å². The molecule has 1 atom stereocenters. The van der Waals surface area contributed by atoms with Crippen molar-refractivity contribution >= 4 is 5.69 Å². The van der Waals surface area contributed by atoms with Gasteiger partial charge in [-0.15, -0.1) is 0 Å². The van der Waals surface area contributed by atoms with E-state index >= 15 is 0 Å². The first kappa shape index (κ1) is 24.4. The van der Waals surface area contributed by atoms with Gasteiger partial charge in [0.25, 0.3) is 5.69 Å². The lowest BCUT2D eigenvalue weighted by molar-refractivity contribution is -0.384. The van der Waals surface area contributed by atoms with E-state index in [9.17, 15) is 15.0 Å². The molecule has 0 aromatic heterocycles. The van der Waals surface area contributed by atoms with Crippen LogP contribution in [0, 0.1) is 15.0 Å². The first-order valence-electron chi connectivity index (χ1n) is 11.3. The van der Waals surface area contributed by atoms with Crippen molar-refractivity contribution in [2.45, 2.75) is 26.2 Å². The van der Waals surface area contributed by atoms with Crippen molar-refractivity contribution < 1.29 is 19.1 Å². The minimum Gasteiger partial charge on any atom is -0.489 e. The van der Waals surface area contributed by atoms with Crippen LogP contribution in [0.3, 0.4) is 0 Å². The highest BCUT2D eigenvalue weighted by Crippen LogP contribution is 2.42. The Morgan fingerprint density at radius 1 is 0.778 bits per heavy atom. The lowest BCUT2D eigenvalue weighted by Gasteiger charge is -2.19. The number of non-ortho nitro benzene ring substituents is 1. The average molecular weight is 485 g/mol. The van der Waals surface area contributed by atoms with Gasteiger partial charge in [-0.3, -0.25) is 10.1 Å². The van der Waals surface area contributed by atoms with Crippen LogP contribution in [0.4, 0.5) is 5.69 Å². The first-order valence-corrected chi connectivity index (χ1v) is 11.3. The SMILES string of the molecule is CC(N=O)c1c(OCc2ccccc2)cc(OCc2ccccc2)cc1Oc1ccc([N+](=O)[O-])cc1. The van der Waals surface area contributed by atoms with Crippen LogP contribution in [0.5, 0.6) is 23.0 Å². The Morgan fingerprint density at radius 2 is 1.33 bits per heavy atom. The van der Waals surface area contributed by atoms with E-state index in [1.807, 2.05) is 60.7 Å². The molecule has 0 heterocycles. The number of nitroso groups, excluding NO2 is 1. The normalized spacial score (nSPS) is 11.4. The standard InChI is InChI=1S/C28H24N2O6/c1-20(29-31)28-26(35-19-22-10-6-3-7-11-22)16-25(34-18-21-8-4-2-5-9-21)17-27(28)36-24-14-12-23(13-15-24)30(32)33/h2-17,20H,18-19H2,1H3. The summed E-state index contributed by atoms with van der Waals surface area (Å²) in [6, 6.07) is 27.6. The molecule has 4 aromatic carbocycles. The largest absolute Gasteiger partial charge is 0.489 e. The molecule has 8 nitrogen and oxygen atoms in total. The molecule has 4 rings (SSSR count). The predicted molar refractivity (Wildman–Crippen MR) is 135 cm³/mol. The predicted octanol–water partition coefficient (Wildman–Crippen LogP) is 7.37. The molecule has 0 bridgehead atoms. The number of nitro benzene ring substituents is 1. The molecule has 36 heavy (non-hydrogen) atoms. The summed E-state index contributed by atoms with van der Waals surface area (Å²) in [4.78, 5) is 22.1. The van der Waals surface area contributed by atoms with Crippen molar-refractivity contribution in [3.63, 3.8) is 0 Å². The molecule has 1 unspecified atom stereocenters. The maximum atomic E-state index is 11.6. The molecule has 4 aromatic rings. The Morgan fingerprint density at radius 3 is 1.89 bits per heavy atom. The molecule has 0 amide bonds. The van der Waals surface area contributed by atoms with Gasteiger partial charge in [-0.05, 0) is 30.2 Å². The molecule has 182 valence electrons. The van der Waals surface area contributed by atoms with Gasteiger partial charge in [0.1, 0.15) is 42.3 Å². The maximum Gasteiger partial charge on any atom is 0.269 e. The van der Waals surface area contributed by atoms with Crippen LogP contribution in [0.15, 0.2) is 102 Å². The van der Waals surface area contributed by atoms with Gasteiger partial charge in [-0.25, -0.2) is 0 Å². The smallest absolute Gasteiger partial charge is 0.269 e. The Labute approximate surface area is 208 Å². The number of nitro groups is 1. The van der Waals surface area contributed by atoms with Crippen molar-refractivity contribution in [3.05, 3.63) is 129 Å². The molecule has 0 saturated heterocycles. The van der Waals surface area contributed by atoms with E-state index in [1.54, 1.807) is 19.1 Å². The van der Waals surface area contributed by atoms with Gasteiger partial charge in [0.2, 0.25) is 0 Å². The Bertz CT molecular complexity index is 1310. The van der Waals surface area contributed by atoms with Crippen LogP contribution in [0.1, 0.15) is 29.7 Å².